The van der Waals surface area contributed by atoms with Crippen LogP contribution in [0.15, 0.2) is 35.8 Å². The molecule has 3 atom stereocenters. The van der Waals surface area contributed by atoms with E-state index in [1.54, 1.807) is 34.5 Å². The summed E-state index contributed by atoms with van der Waals surface area (Å²) in [5.74, 6) is -1.07. The first-order chi connectivity index (χ1) is 14.8. The summed E-state index contributed by atoms with van der Waals surface area (Å²) in [6.07, 6.45) is 2.98. The van der Waals surface area contributed by atoms with Crippen molar-refractivity contribution in [2.45, 2.75) is 36.7 Å². The van der Waals surface area contributed by atoms with Gasteiger partial charge in [-0.15, -0.1) is 11.3 Å². The predicted molar refractivity (Wildman–Crippen MR) is 114 cm³/mol. The number of likely N-dealkylation sites (tertiary alicyclic amines) is 1. The summed E-state index contributed by atoms with van der Waals surface area (Å²) < 4.78 is 27.3. The molecule has 0 aliphatic carbocycles. The van der Waals surface area contributed by atoms with Crippen LogP contribution in [0.5, 0.6) is 0 Å². The number of pyridine rings is 1. The minimum Gasteiger partial charge on any atom is -0.366 e. The van der Waals surface area contributed by atoms with Crippen LogP contribution in [-0.2, 0) is 31.8 Å². The van der Waals surface area contributed by atoms with Gasteiger partial charge in [0.05, 0.1) is 29.9 Å². The Labute approximate surface area is 183 Å². The molecule has 3 unspecified atom stereocenters. The number of aldehydes is 1. The maximum Gasteiger partial charge on any atom is 0.249 e. The number of hydrogen-bond donors (Lipinski definition) is 1. The molecule has 2 aliphatic heterocycles. The first-order valence-corrected chi connectivity index (χ1v) is 12.3. The topological polar surface area (TPSA) is 131 Å². The molecule has 0 aromatic carbocycles. The zero-order chi connectivity index (χ0) is 22.2. The summed E-state index contributed by atoms with van der Waals surface area (Å²) in [5.41, 5.74) is 6.18. The highest BCUT2D eigenvalue weighted by Gasteiger charge is 2.53. The van der Waals surface area contributed by atoms with Crippen molar-refractivity contribution in [3.8, 4) is 0 Å². The normalized spacial score (nSPS) is 23.0. The van der Waals surface area contributed by atoms with Gasteiger partial charge in [0.15, 0.2) is 5.78 Å². The van der Waals surface area contributed by atoms with E-state index in [0.717, 1.165) is 6.29 Å². The number of carbonyl (C=O) groups excluding carboxylic acids is 3. The number of Topliss-reactive ketones (excluding diaryl/α,β-unsaturated/α-hetero) is 1. The van der Waals surface area contributed by atoms with Crippen molar-refractivity contribution in [2.24, 2.45) is 5.73 Å². The highest BCUT2D eigenvalue weighted by molar-refractivity contribution is 7.88. The van der Waals surface area contributed by atoms with Crippen molar-refractivity contribution < 1.29 is 22.8 Å². The van der Waals surface area contributed by atoms with Gasteiger partial charge < -0.3 is 10.5 Å². The van der Waals surface area contributed by atoms with E-state index in [0.29, 0.717) is 29.1 Å². The minimum absolute atomic E-state index is 0.210. The maximum atomic E-state index is 13.0. The van der Waals surface area contributed by atoms with E-state index in [1.807, 2.05) is 0 Å². The molecule has 2 fully saturated rings. The molecule has 2 aromatic heterocycles. The van der Waals surface area contributed by atoms with Gasteiger partial charge in [-0.3, -0.25) is 19.5 Å². The predicted octanol–water partition coefficient (Wildman–Crippen LogP) is 0.210. The number of rotatable bonds is 8. The van der Waals surface area contributed by atoms with E-state index in [4.69, 9.17) is 5.73 Å². The summed E-state index contributed by atoms with van der Waals surface area (Å²) in [5, 5.41) is 1.73. The molecule has 2 saturated heterocycles. The fourth-order valence-corrected chi connectivity index (χ4v) is 7.05. The third-order valence-electron chi connectivity index (χ3n) is 5.82. The lowest BCUT2D eigenvalue weighted by molar-refractivity contribution is -0.122. The molecular formula is C20H22N4O5S2. The van der Waals surface area contributed by atoms with Crippen molar-refractivity contribution in [3.05, 3.63) is 52.0 Å². The number of ketones is 1. The van der Waals surface area contributed by atoms with E-state index < -0.39 is 34.1 Å². The van der Waals surface area contributed by atoms with E-state index in [9.17, 15) is 22.8 Å². The van der Waals surface area contributed by atoms with Crippen LogP contribution >= 0.6 is 11.3 Å². The van der Waals surface area contributed by atoms with Crippen molar-refractivity contribution in [1.29, 1.82) is 0 Å². The second kappa shape index (κ2) is 8.58. The number of aromatic nitrogens is 1. The van der Waals surface area contributed by atoms with Crippen molar-refractivity contribution in [1.82, 2.24) is 14.2 Å². The Hall–Kier alpha value is -2.47. The molecule has 31 heavy (non-hydrogen) atoms. The Morgan fingerprint density at radius 2 is 2.16 bits per heavy atom. The second-order valence-electron chi connectivity index (χ2n) is 7.66. The standard InChI is InChI=1S/C20H22N4O5S2/c21-20(27)15-5-8-30-18(15)9-14(11-25)23-7-4-16-19(23)17(26)10-24(16)31(28,29)12-13-3-1-2-6-22-13/h1-3,5-6,8,11,14,16,19H,4,7,9-10,12H2,(H2,21,27). The van der Waals surface area contributed by atoms with Gasteiger partial charge in [-0.25, -0.2) is 8.42 Å². The molecule has 4 rings (SSSR count). The minimum atomic E-state index is -3.75. The molecule has 0 bridgehead atoms. The van der Waals surface area contributed by atoms with Crippen LogP contribution in [-0.4, -0.2) is 71.8 Å². The largest absolute Gasteiger partial charge is 0.366 e. The van der Waals surface area contributed by atoms with Gasteiger partial charge in [0.25, 0.3) is 0 Å². The number of fused-ring (bicyclic) bond motifs is 1. The summed E-state index contributed by atoms with van der Waals surface area (Å²) in [6.45, 7) is 0.204. The zero-order valence-electron chi connectivity index (χ0n) is 16.6. The Balaban J connectivity index is 1.53. The van der Waals surface area contributed by atoms with Gasteiger partial charge in [-0.1, -0.05) is 6.07 Å². The lowest BCUT2D eigenvalue weighted by Crippen LogP contribution is -2.47. The quantitative estimate of drug-likeness (QED) is 0.555. The number of thiophene rings is 1. The van der Waals surface area contributed by atoms with Crippen molar-refractivity contribution in [3.63, 3.8) is 0 Å². The lowest BCUT2D eigenvalue weighted by atomic mass is 10.1. The maximum absolute atomic E-state index is 13.0. The Bertz CT molecular complexity index is 1100. The van der Waals surface area contributed by atoms with Crippen LogP contribution in [0.4, 0.5) is 0 Å². The van der Waals surface area contributed by atoms with Gasteiger partial charge >= 0.3 is 0 Å². The van der Waals surface area contributed by atoms with Crippen LogP contribution in [0.1, 0.15) is 27.3 Å². The molecule has 11 heteroatoms. The Kier molecular flexibility index (Phi) is 6.02. The number of amides is 1. The molecule has 2 aliphatic rings. The fourth-order valence-electron chi connectivity index (χ4n) is 4.45. The van der Waals surface area contributed by atoms with Gasteiger partial charge in [0.2, 0.25) is 15.9 Å². The highest BCUT2D eigenvalue weighted by atomic mass is 32.2. The molecule has 164 valence electrons. The van der Waals surface area contributed by atoms with Crippen molar-refractivity contribution in [2.75, 3.05) is 13.1 Å². The van der Waals surface area contributed by atoms with Gasteiger partial charge in [0.1, 0.15) is 12.0 Å². The van der Waals surface area contributed by atoms with Gasteiger partial charge in [0, 0.05) is 30.1 Å². The molecule has 4 heterocycles. The SMILES string of the molecule is NC(=O)c1ccsc1CC(C=O)N1CCC2C1C(=O)CN2S(=O)(=O)Cc1ccccn1. The molecular weight excluding hydrogens is 440 g/mol. The van der Waals surface area contributed by atoms with Gasteiger partial charge in [-0.05, 0) is 30.0 Å². The number of nitrogens with two attached hydrogens (primary N) is 1. The first kappa shape index (κ1) is 21.8. The zero-order valence-corrected chi connectivity index (χ0v) is 18.2. The number of carbonyl (C=O) groups is 3. The first-order valence-electron chi connectivity index (χ1n) is 9.81. The Morgan fingerprint density at radius 1 is 1.35 bits per heavy atom. The summed E-state index contributed by atoms with van der Waals surface area (Å²) in [4.78, 5) is 42.9. The average molecular weight is 463 g/mol. The molecule has 0 radical (unpaired) electrons. The smallest absolute Gasteiger partial charge is 0.249 e. The van der Waals surface area contributed by atoms with Crippen LogP contribution in [0.3, 0.4) is 0 Å². The number of primary amides is 1. The molecule has 0 saturated carbocycles. The fraction of sp³-hybridized carbons (Fsp3) is 0.400. The van der Waals surface area contributed by atoms with Crippen LogP contribution < -0.4 is 5.73 Å². The van der Waals surface area contributed by atoms with E-state index in [2.05, 4.69) is 4.98 Å². The van der Waals surface area contributed by atoms with E-state index >= 15 is 0 Å². The molecule has 0 spiro atoms. The molecule has 2 N–H and O–H groups in total. The summed E-state index contributed by atoms with van der Waals surface area (Å²) >= 11 is 1.33. The van der Waals surface area contributed by atoms with Gasteiger partial charge in [-0.2, -0.15) is 4.31 Å². The second-order valence-corrected chi connectivity index (χ2v) is 10.6. The van der Waals surface area contributed by atoms with Crippen LogP contribution in [0.2, 0.25) is 0 Å². The summed E-state index contributed by atoms with van der Waals surface area (Å²) in [6, 6.07) is 4.84. The molecule has 9 nitrogen and oxygen atoms in total. The van der Waals surface area contributed by atoms with E-state index in [1.165, 1.54) is 21.8 Å². The Morgan fingerprint density at radius 3 is 2.84 bits per heavy atom. The number of sulfonamides is 1. The van der Waals surface area contributed by atoms with Crippen molar-refractivity contribution >= 4 is 39.3 Å². The lowest BCUT2D eigenvalue weighted by Gasteiger charge is -2.28. The number of nitrogens with zero attached hydrogens (tertiary/aromatic N) is 3. The number of hydrogen-bond acceptors (Lipinski definition) is 8. The van der Waals surface area contributed by atoms with Crippen LogP contribution in [0.25, 0.3) is 0 Å². The monoisotopic (exact) mass is 462 g/mol. The van der Waals surface area contributed by atoms with Crippen LogP contribution in [0, 0.1) is 0 Å². The average Bonchev–Trinajstić information content (AvgIpc) is 3.44. The third-order valence-corrected chi connectivity index (χ3v) is 8.54. The molecule has 2 aromatic rings. The highest BCUT2D eigenvalue weighted by Crippen LogP contribution is 2.34. The third kappa shape index (κ3) is 4.18. The molecule has 1 amide bonds. The van der Waals surface area contributed by atoms with E-state index in [-0.39, 0.29) is 24.5 Å². The summed E-state index contributed by atoms with van der Waals surface area (Å²) in [7, 11) is -3.75.